The summed E-state index contributed by atoms with van der Waals surface area (Å²) in [5, 5.41) is 5.51. The van der Waals surface area contributed by atoms with Crippen LogP contribution in [0.25, 0.3) is 89.5 Å². The van der Waals surface area contributed by atoms with E-state index in [1.165, 1.54) is 21.9 Å². The standard InChI is InChI=1S/C44H29N3O2/c1-26-21-35-32-15-7-9-17-37(32)48-39(35)25-34(26)31-23-36(41-33-16-8-10-18-38(33)49-40(41)24-31)44-46-42(28-12-3-2-4-13-28)45-43(47-44)30-20-19-27-11-5-6-14-29(27)22-30/h2-20,22-26H,21H2,1H3. The normalized spacial score (nSPS) is 14.5. The highest BCUT2D eigenvalue weighted by atomic mass is 16.3. The molecule has 10 rings (SSSR count). The fourth-order valence-electron chi connectivity index (χ4n) is 7.38. The lowest BCUT2D eigenvalue weighted by molar-refractivity contribution is 0.587. The van der Waals surface area contributed by atoms with Crippen LogP contribution in [-0.4, -0.2) is 15.0 Å². The van der Waals surface area contributed by atoms with E-state index in [0.29, 0.717) is 17.5 Å². The zero-order valence-electron chi connectivity index (χ0n) is 26.7. The van der Waals surface area contributed by atoms with Gasteiger partial charge in [0.15, 0.2) is 17.5 Å². The molecular formula is C44H29N3O2. The summed E-state index contributed by atoms with van der Waals surface area (Å²) < 4.78 is 12.9. The van der Waals surface area contributed by atoms with E-state index in [0.717, 1.165) is 67.3 Å². The van der Waals surface area contributed by atoms with E-state index in [4.69, 9.17) is 23.8 Å². The van der Waals surface area contributed by atoms with Gasteiger partial charge in [-0.1, -0.05) is 110 Å². The van der Waals surface area contributed by atoms with Crippen LogP contribution in [-0.2, 0) is 6.42 Å². The molecule has 0 bridgehead atoms. The van der Waals surface area contributed by atoms with E-state index in [-0.39, 0.29) is 5.92 Å². The number of allylic oxidation sites excluding steroid dienone is 1. The lowest BCUT2D eigenvalue weighted by Gasteiger charge is -2.21. The van der Waals surface area contributed by atoms with Crippen LogP contribution >= 0.6 is 0 Å². The number of fused-ring (bicyclic) bond motifs is 7. The molecule has 5 nitrogen and oxygen atoms in total. The van der Waals surface area contributed by atoms with E-state index in [1.54, 1.807) is 0 Å². The molecule has 1 aliphatic carbocycles. The van der Waals surface area contributed by atoms with Gasteiger partial charge >= 0.3 is 0 Å². The minimum atomic E-state index is 0.259. The minimum Gasteiger partial charge on any atom is -0.456 e. The number of rotatable bonds is 4. The maximum atomic E-state index is 6.55. The lowest BCUT2D eigenvalue weighted by Crippen LogP contribution is -2.08. The van der Waals surface area contributed by atoms with E-state index in [2.05, 4.69) is 85.8 Å². The second-order valence-electron chi connectivity index (χ2n) is 12.9. The van der Waals surface area contributed by atoms with Crippen molar-refractivity contribution in [1.82, 2.24) is 15.0 Å². The van der Waals surface area contributed by atoms with Gasteiger partial charge in [-0.05, 0) is 70.7 Å². The topological polar surface area (TPSA) is 65.0 Å². The van der Waals surface area contributed by atoms with Gasteiger partial charge in [-0.15, -0.1) is 0 Å². The van der Waals surface area contributed by atoms with Crippen LogP contribution in [0, 0.1) is 5.92 Å². The van der Waals surface area contributed by atoms with Crippen molar-refractivity contribution in [2.24, 2.45) is 5.92 Å². The molecule has 0 aliphatic heterocycles. The Balaban J connectivity index is 1.23. The molecule has 0 spiro atoms. The Morgan fingerprint density at radius 3 is 2.04 bits per heavy atom. The number of nitrogens with zero attached hydrogens (tertiary/aromatic N) is 3. The number of aromatic nitrogens is 3. The highest BCUT2D eigenvalue weighted by molar-refractivity contribution is 6.13. The molecule has 49 heavy (non-hydrogen) atoms. The van der Waals surface area contributed by atoms with Gasteiger partial charge in [0.2, 0.25) is 0 Å². The first-order valence-corrected chi connectivity index (χ1v) is 16.6. The molecule has 0 N–H and O–H groups in total. The average molecular weight is 632 g/mol. The largest absolute Gasteiger partial charge is 0.456 e. The van der Waals surface area contributed by atoms with Crippen LogP contribution in [0.15, 0.2) is 142 Å². The van der Waals surface area contributed by atoms with Crippen molar-refractivity contribution in [1.29, 1.82) is 0 Å². The highest BCUT2D eigenvalue weighted by Crippen LogP contribution is 2.44. The second kappa shape index (κ2) is 10.9. The van der Waals surface area contributed by atoms with Gasteiger partial charge < -0.3 is 8.83 Å². The first kappa shape index (κ1) is 27.8. The summed E-state index contributed by atoms with van der Waals surface area (Å²) in [6.07, 6.45) is 3.10. The third kappa shape index (κ3) is 4.58. The summed E-state index contributed by atoms with van der Waals surface area (Å²) in [6.45, 7) is 2.29. The van der Waals surface area contributed by atoms with Crippen LogP contribution in [0.5, 0.6) is 0 Å². The Morgan fingerprint density at radius 1 is 0.531 bits per heavy atom. The van der Waals surface area contributed by atoms with Crippen LogP contribution in [0.1, 0.15) is 23.8 Å². The zero-order valence-corrected chi connectivity index (χ0v) is 26.7. The van der Waals surface area contributed by atoms with E-state index < -0.39 is 0 Å². The van der Waals surface area contributed by atoms with Gasteiger partial charge in [0, 0.05) is 38.4 Å². The molecule has 1 unspecified atom stereocenters. The molecule has 0 saturated carbocycles. The molecule has 5 heteroatoms. The van der Waals surface area contributed by atoms with Crippen molar-refractivity contribution in [3.8, 4) is 34.2 Å². The Labute approximate surface area is 282 Å². The SMILES string of the molecule is CC1Cc2c(oc3ccccc23)C=C1c1cc(-c2nc(-c3ccccc3)nc(-c3ccc4ccccc4c3)n2)c2c(c1)oc1ccccc12. The third-order valence-electron chi connectivity index (χ3n) is 9.79. The number of para-hydroxylation sites is 2. The summed E-state index contributed by atoms with van der Waals surface area (Å²) in [4.78, 5) is 15.4. The number of hydrogen-bond acceptors (Lipinski definition) is 5. The summed E-state index contributed by atoms with van der Waals surface area (Å²) >= 11 is 0. The van der Waals surface area contributed by atoms with Crippen LogP contribution in [0.3, 0.4) is 0 Å². The smallest absolute Gasteiger partial charge is 0.164 e. The molecule has 9 aromatic rings. The Morgan fingerprint density at radius 2 is 1.20 bits per heavy atom. The molecule has 6 aromatic carbocycles. The van der Waals surface area contributed by atoms with Crippen molar-refractivity contribution >= 4 is 55.3 Å². The van der Waals surface area contributed by atoms with Gasteiger partial charge in [0.1, 0.15) is 22.5 Å². The van der Waals surface area contributed by atoms with E-state index in [1.807, 2.05) is 60.7 Å². The van der Waals surface area contributed by atoms with Gasteiger partial charge in [-0.25, -0.2) is 15.0 Å². The van der Waals surface area contributed by atoms with E-state index >= 15 is 0 Å². The molecule has 0 radical (unpaired) electrons. The van der Waals surface area contributed by atoms with Gasteiger partial charge in [0.25, 0.3) is 0 Å². The van der Waals surface area contributed by atoms with Crippen LogP contribution in [0.4, 0.5) is 0 Å². The Hall–Kier alpha value is -6.33. The molecular weight excluding hydrogens is 603 g/mol. The fraction of sp³-hybridized carbons (Fsp3) is 0.0682. The lowest BCUT2D eigenvalue weighted by atomic mass is 9.82. The third-order valence-corrected chi connectivity index (χ3v) is 9.79. The molecule has 0 fully saturated rings. The zero-order chi connectivity index (χ0) is 32.5. The number of benzene rings is 6. The summed E-state index contributed by atoms with van der Waals surface area (Å²) in [5.74, 6) is 3.03. The average Bonchev–Trinajstić information content (AvgIpc) is 3.72. The van der Waals surface area contributed by atoms with Gasteiger partial charge in [-0.2, -0.15) is 0 Å². The highest BCUT2D eigenvalue weighted by Gasteiger charge is 2.26. The van der Waals surface area contributed by atoms with Crippen molar-refractivity contribution in [3.05, 3.63) is 150 Å². The Bertz CT molecular complexity index is 2770. The maximum absolute atomic E-state index is 6.55. The predicted molar refractivity (Wildman–Crippen MR) is 198 cm³/mol. The van der Waals surface area contributed by atoms with Crippen molar-refractivity contribution in [2.75, 3.05) is 0 Å². The first-order valence-electron chi connectivity index (χ1n) is 16.6. The number of hydrogen-bond donors (Lipinski definition) is 0. The number of furan rings is 2. The predicted octanol–water partition coefficient (Wildman–Crippen LogP) is 11.4. The Kier molecular flexibility index (Phi) is 6.15. The van der Waals surface area contributed by atoms with Crippen LogP contribution in [0.2, 0.25) is 0 Å². The molecule has 3 heterocycles. The first-order chi connectivity index (χ1) is 24.2. The summed E-state index contributed by atoms with van der Waals surface area (Å²) in [7, 11) is 0. The quantitative estimate of drug-likeness (QED) is 0.193. The minimum absolute atomic E-state index is 0.259. The van der Waals surface area contributed by atoms with Crippen molar-refractivity contribution in [2.45, 2.75) is 13.3 Å². The molecule has 0 saturated heterocycles. The molecule has 0 amide bonds. The van der Waals surface area contributed by atoms with E-state index in [9.17, 15) is 0 Å². The monoisotopic (exact) mass is 631 g/mol. The fourth-order valence-corrected chi connectivity index (χ4v) is 7.38. The molecule has 1 aliphatic rings. The summed E-state index contributed by atoms with van der Waals surface area (Å²) in [6, 6.07) is 45.7. The molecule has 232 valence electrons. The van der Waals surface area contributed by atoms with Crippen molar-refractivity contribution in [3.63, 3.8) is 0 Å². The van der Waals surface area contributed by atoms with Gasteiger partial charge in [0.05, 0.1) is 0 Å². The molecule has 1 atom stereocenters. The molecule has 3 aromatic heterocycles. The maximum Gasteiger partial charge on any atom is 0.164 e. The van der Waals surface area contributed by atoms with Gasteiger partial charge in [-0.3, -0.25) is 0 Å². The summed E-state index contributed by atoms with van der Waals surface area (Å²) in [5.41, 5.74) is 8.84. The van der Waals surface area contributed by atoms with Crippen molar-refractivity contribution < 1.29 is 8.83 Å². The second-order valence-corrected chi connectivity index (χ2v) is 12.9. The van der Waals surface area contributed by atoms with Crippen LogP contribution < -0.4 is 0 Å².